The molecule has 0 aliphatic carbocycles. The van der Waals surface area contributed by atoms with E-state index in [1.807, 2.05) is 6.92 Å². The van der Waals surface area contributed by atoms with Gasteiger partial charge < -0.3 is 10.6 Å². The quantitative estimate of drug-likeness (QED) is 0.871. The van der Waals surface area contributed by atoms with E-state index in [1.54, 1.807) is 32.0 Å². The third kappa shape index (κ3) is 4.08. The van der Waals surface area contributed by atoms with Crippen LogP contribution in [-0.2, 0) is 0 Å². The normalized spacial score (nSPS) is 10.3. The Morgan fingerprint density at radius 1 is 1.21 bits per heavy atom. The van der Waals surface area contributed by atoms with Gasteiger partial charge in [-0.25, -0.2) is 9.97 Å². The van der Waals surface area contributed by atoms with Crippen LogP contribution in [0.4, 0.5) is 5.69 Å². The summed E-state index contributed by atoms with van der Waals surface area (Å²) in [4.78, 5) is 33.0. The third-order valence-corrected chi connectivity index (χ3v) is 3.83. The molecule has 1 aromatic heterocycles. The van der Waals surface area contributed by atoms with Gasteiger partial charge in [-0.05, 0) is 38.0 Å². The van der Waals surface area contributed by atoms with Crippen LogP contribution in [0.15, 0.2) is 24.4 Å². The van der Waals surface area contributed by atoms with Crippen LogP contribution in [-0.4, -0.2) is 28.3 Å². The van der Waals surface area contributed by atoms with E-state index in [0.29, 0.717) is 23.1 Å². The molecule has 2 amide bonds. The second-order valence-electron chi connectivity index (χ2n) is 5.30. The molecule has 0 radical (unpaired) electrons. The van der Waals surface area contributed by atoms with Gasteiger partial charge in [-0.2, -0.15) is 0 Å². The number of benzene rings is 1. The number of hydrogen-bond acceptors (Lipinski definition) is 4. The molecule has 0 spiro atoms. The number of halogens is 1. The molecular weight excluding hydrogens is 328 g/mol. The summed E-state index contributed by atoms with van der Waals surface area (Å²) in [6.45, 7) is 5.93. The minimum atomic E-state index is -0.456. The highest BCUT2D eigenvalue weighted by molar-refractivity contribution is 6.31. The lowest BCUT2D eigenvalue weighted by atomic mass is 10.1. The van der Waals surface area contributed by atoms with Gasteiger partial charge in [0.15, 0.2) is 0 Å². The smallest absolute Gasteiger partial charge is 0.270 e. The molecule has 2 rings (SSSR count). The average Bonchev–Trinajstić information content (AvgIpc) is 2.56. The zero-order chi connectivity index (χ0) is 17.7. The van der Waals surface area contributed by atoms with E-state index in [0.717, 1.165) is 12.0 Å². The number of anilines is 1. The van der Waals surface area contributed by atoms with E-state index in [-0.39, 0.29) is 11.3 Å². The Kier molecular flexibility index (Phi) is 5.87. The maximum atomic E-state index is 12.6. The molecule has 6 nitrogen and oxygen atoms in total. The van der Waals surface area contributed by atoms with Gasteiger partial charge >= 0.3 is 0 Å². The van der Waals surface area contributed by atoms with E-state index in [4.69, 9.17) is 11.6 Å². The van der Waals surface area contributed by atoms with Crippen LogP contribution in [0.5, 0.6) is 0 Å². The fourth-order valence-electron chi connectivity index (χ4n) is 2.06. The Hall–Kier alpha value is -2.47. The first kappa shape index (κ1) is 17.9. The number of aromatic nitrogens is 2. The third-order valence-electron chi connectivity index (χ3n) is 3.42. The second kappa shape index (κ2) is 7.88. The van der Waals surface area contributed by atoms with E-state index in [9.17, 15) is 9.59 Å². The minimum absolute atomic E-state index is 0.0631. The number of hydrogen-bond donors (Lipinski definition) is 2. The van der Waals surface area contributed by atoms with Gasteiger partial charge in [0, 0.05) is 23.5 Å². The molecule has 0 fully saturated rings. The number of amides is 2. The molecule has 0 aliphatic heterocycles. The molecule has 0 saturated heterocycles. The maximum absolute atomic E-state index is 12.6. The molecule has 1 heterocycles. The van der Waals surface area contributed by atoms with Crippen molar-refractivity contribution in [3.05, 3.63) is 52.1 Å². The lowest BCUT2D eigenvalue weighted by Crippen LogP contribution is -2.29. The highest BCUT2D eigenvalue weighted by atomic mass is 35.5. The van der Waals surface area contributed by atoms with Crippen LogP contribution in [0.25, 0.3) is 0 Å². The largest absolute Gasteiger partial charge is 0.351 e. The Labute approximate surface area is 145 Å². The Bertz CT molecular complexity index is 777. The van der Waals surface area contributed by atoms with E-state index < -0.39 is 11.8 Å². The van der Waals surface area contributed by atoms with Crippen molar-refractivity contribution in [2.24, 2.45) is 0 Å². The summed E-state index contributed by atoms with van der Waals surface area (Å²) >= 11 is 6.06. The Morgan fingerprint density at radius 2 is 1.96 bits per heavy atom. The summed E-state index contributed by atoms with van der Waals surface area (Å²) in [7, 11) is 0. The minimum Gasteiger partial charge on any atom is -0.351 e. The zero-order valence-corrected chi connectivity index (χ0v) is 14.6. The molecular formula is C17H19ClN4O2. The van der Waals surface area contributed by atoms with Crippen molar-refractivity contribution < 1.29 is 9.59 Å². The van der Waals surface area contributed by atoms with Gasteiger partial charge in [-0.1, -0.05) is 24.6 Å². The van der Waals surface area contributed by atoms with Gasteiger partial charge in [0.05, 0.1) is 5.56 Å². The van der Waals surface area contributed by atoms with Crippen molar-refractivity contribution >= 4 is 29.1 Å². The van der Waals surface area contributed by atoms with Gasteiger partial charge in [0.2, 0.25) is 0 Å². The summed E-state index contributed by atoms with van der Waals surface area (Å²) in [6.07, 6.45) is 2.15. The van der Waals surface area contributed by atoms with Crippen LogP contribution in [0.3, 0.4) is 0 Å². The molecule has 126 valence electrons. The van der Waals surface area contributed by atoms with E-state index in [2.05, 4.69) is 20.6 Å². The lowest BCUT2D eigenvalue weighted by Gasteiger charge is -2.12. The predicted molar refractivity (Wildman–Crippen MR) is 93.5 cm³/mol. The van der Waals surface area contributed by atoms with Gasteiger partial charge in [-0.3, -0.25) is 9.59 Å². The van der Waals surface area contributed by atoms with Crippen LogP contribution in [0.1, 0.15) is 45.6 Å². The monoisotopic (exact) mass is 346 g/mol. The summed E-state index contributed by atoms with van der Waals surface area (Å²) in [5, 5.41) is 6.03. The number of carbonyl (C=O) groups excluding carboxylic acids is 2. The number of rotatable bonds is 5. The van der Waals surface area contributed by atoms with Gasteiger partial charge in [0.25, 0.3) is 11.8 Å². The second-order valence-corrected chi connectivity index (χ2v) is 5.71. The molecule has 0 atom stereocenters. The number of nitrogens with zero attached hydrogens (tertiary/aromatic N) is 2. The van der Waals surface area contributed by atoms with E-state index in [1.165, 1.54) is 6.20 Å². The fraction of sp³-hybridized carbons (Fsp3) is 0.294. The first-order chi connectivity index (χ1) is 11.4. The molecule has 2 aromatic rings. The molecule has 0 bridgehead atoms. The highest BCUT2D eigenvalue weighted by Crippen LogP contribution is 2.23. The number of nitrogens with one attached hydrogen (secondary N) is 2. The van der Waals surface area contributed by atoms with Crippen molar-refractivity contribution in [3.63, 3.8) is 0 Å². The summed E-state index contributed by atoms with van der Waals surface area (Å²) in [6, 6.07) is 5.22. The van der Waals surface area contributed by atoms with Crippen LogP contribution in [0, 0.1) is 13.8 Å². The maximum Gasteiger partial charge on any atom is 0.270 e. The summed E-state index contributed by atoms with van der Waals surface area (Å²) in [5.41, 5.74) is 1.51. The predicted octanol–water partition coefficient (Wildman–Crippen LogP) is 3.14. The van der Waals surface area contributed by atoms with Crippen LogP contribution < -0.4 is 10.6 Å². The van der Waals surface area contributed by atoms with Gasteiger partial charge in [-0.15, -0.1) is 0 Å². The molecule has 0 aliphatic rings. The van der Waals surface area contributed by atoms with Crippen molar-refractivity contribution in [2.75, 3.05) is 11.9 Å². The first-order valence-electron chi connectivity index (χ1n) is 7.62. The molecule has 2 N–H and O–H groups in total. The summed E-state index contributed by atoms with van der Waals surface area (Å²) in [5.74, 6) is -0.426. The molecule has 1 aromatic carbocycles. The summed E-state index contributed by atoms with van der Waals surface area (Å²) < 4.78 is 0. The topological polar surface area (TPSA) is 84.0 Å². The molecule has 0 saturated carbocycles. The lowest BCUT2D eigenvalue weighted by molar-refractivity contribution is 0.0934. The number of aryl methyl sites for hydroxylation is 1. The highest BCUT2D eigenvalue weighted by Gasteiger charge is 2.20. The standard InChI is InChI=1S/C17H19ClN4O2/c1-4-8-19-17(24)15-12(9-20-11(3)21-15)16(23)22-14-7-5-6-13(18)10(14)2/h5-7,9H,4,8H2,1-3H3,(H,19,24)(H,22,23). The van der Waals surface area contributed by atoms with Crippen molar-refractivity contribution in [3.8, 4) is 0 Å². The van der Waals surface area contributed by atoms with Crippen LogP contribution in [0.2, 0.25) is 5.02 Å². The van der Waals surface area contributed by atoms with Gasteiger partial charge in [0.1, 0.15) is 11.5 Å². The molecule has 24 heavy (non-hydrogen) atoms. The van der Waals surface area contributed by atoms with Crippen LogP contribution >= 0.6 is 11.6 Å². The SMILES string of the molecule is CCCNC(=O)c1nc(C)ncc1C(=O)Nc1cccc(Cl)c1C. The van der Waals surface area contributed by atoms with E-state index >= 15 is 0 Å². The average molecular weight is 347 g/mol. The first-order valence-corrected chi connectivity index (χ1v) is 8.00. The Morgan fingerprint density at radius 3 is 2.67 bits per heavy atom. The molecule has 7 heteroatoms. The van der Waals surface area contributed by atoms with Crippen molar-refractivity contribution in [1.82, 2.24) is 15.3 Å². The zero-order valence-electron chi connectivity index (χ0n) is 13.8. The van der Waals surface area contributed by atoms with Crippen molar-refractivity contribution in [1.29, 1.82) is 0 Å². The van der Waals surface area contributed by atoms with Crippen molar-refractivity contribution in [2.45, 2.75) is 27.2 Å². The fourth-order valence-corrected chi connectivity index (χ4v) is 2.24. The number of carbonyl (C=O) groups is 2. The Balaban J connectivity index is 2.32. The molecule has 0 unspecified atom stereocenters.